The Kier molecular flexibility index (Phi) is 6.01. The third kappa shape index (κ3) is 4.54. The normalized spacial score (nSPS) is 13.7. The first-order valence-electron chi connectivity index (χ1n) is 9.16. The fraction of sp³-hybridized carbons (Fsp3) is 0.250. The van der Waals surface area contributed by atoms with Gasteiger partial charge >= 0.3 is 0 Å². The van der Waals surface area contributed by atoms with Crippen LogP contribution in [0.4, 0.5) is 15.8 Å². The van der Waals surface area contributed by atoms with E-state index in [0.29, 0.717) is 10.7 Å². The van der Waals surface area contributed by atoms with E-state index < -0.39 is 5.82 Å². The Morgan fingerprint density at radius 3 is 2.76 bits per heavy atom. The van der Waals surface area contributed by atoms with Crippen LogP contribution < -0.4 is 10.2 Å². The molecule has 0 atom stereocenters. The zero-order valence-corrected chi connectivity index (χ0v) is 17.0. The van der Waals surface area contributed by atoms with Crippen LogP contribution in [-0.4, -0.2) is 34.9 Å². The maximum absolute atomic E-state index is 13.8. The summed E-state index contributed by atoms with van der Waals surface area (Å²) in [7, 11) is 0. The van der Waals surface area contributed by atoms with E-state index in [0.717, 1.165) is 43.4 Å². The number of carbonyl (C=O) groups is 1. The van der Waals surface area contributed by atoms with E-state index in [1.54, 1.807) is 18.2 Å². The van der Waals surface area contributed by atoms with Crippen LogP contribution >= 0.6 is 23.4 Å². The van der Waals surface area contributed by atoms with Crippen LogP contribution in [0, 0.1) is 5.82 Å². The number of hydrogen-bond donors (Lipinski definition) is 1. The van der Waals surface area contributed by atoms with Crippen LogP contribution in [0.2, 0.25) is 5.02 Å². The molecule has 0 spiro atoms. The van der Waals surface area contributed by atoms with Crippen molar-refractivity contribution in [1.82, 2.24) is 10.2 Å². The summed E-state index contributed by atoms with van der Waals surface area (Å²) in [6.45, 7) is 1.84. The molecule has 1 fully saturated rings. The lowest BCUT2D eigenvalue weighted by molar-refractivity contribution is -0.113. The highest BCUT2D eigenvalue weighted by Gasteiger charge is 2.20. The van der Waals surface area contributed by atoms with Crippen molar-refractivity contribution in [2.45, 2.75) is 18.1 Å². The van der Waals surface area contributed by atoms with Crippen LogP contribution in [0.5, 0.6) is 0 Å². The number of benzene rings is 2. The molecule has 6 nitrogen and oxygen atoms in total. The standard InChI is InChI=1S/C20H18ClFN4O2S/c21-14-7-5-9-16(18(14)26-10-3-4-11-26)23-17(27)12-29-20-25-24-19(28-20)13-6-1-2-8-15(13)22/h1-2,5-9H,3-4,10-12H2,(H,23,27). The molecule has 0 radical (unpaired) electrons. The number of rotatable bonds is 6. The summed E-state index contributed by atoms with van der Waals surface area (Å²) in [4.78, 5) is 14.6. The quantitative estimate of drug-likeness (QED) is 0.561. The van der Waals surface area contributed by atoms with E-state index in [4.69, 9.17) is 16.0 Å². The monoisotopic (exact) mass is 432 g/mol. The van der Waals surface area contributed by atoms with Crippen LogP contribution in [0.1, 0.15) is 12.8 Å². The second-order valence-corrected chi connectivity index (χ2v) is 7.85. The molecule has 1 saturated heterocycles. The average Bonchev–Trinajstić information content (AvgIpc) is 3.39. The zero-order valence-electron chi connectivity index (χ0n) is 15.4. The number of anilines is 2. The molecule has 9 heteroatoms. The number of amides is 1. The predicted octanol–water partition coefficient (Wildman–Crippen LogP) is 4.86. The van der Waals surface area contributed by atoms with Gasteiger partial charge in [0.25, 0.3) is 11.1 Å². The minimum Gasteiger partial charge on any atom is -0.411 e. The van der Waals surface area contributed by atoms with Crippen LogP contribution in [0.25, 0.3) is 11.5 Å². The highest BCUT2D eigenvalue weighted by molar-refractivity contribution is 7.99. The average molecular weight is 433 g/mol. The molecule has 1 aromatic heterocycles. The summed E-state index contributed by atoms with van der Waals surface area (Å²) in [6.07, 6.45) is 2.21. The lowest BCUT2D eigenvalue weighted by Crippen LogP contribution is -2.22. The third-order valence-electron chi connectivity index (χ3n) is 4.52. The largest absolute Gasteiger partial charge is 0.411 e. The molecule has 4 rings (SSSR count). The van der Waals surface area contributed by atoms with Crippen molar-refractivity contribution in [3.63, 3.8) is 0 Å². The Labute approximate surface area is 176 Å². The van der Waals surface area contributed by atoms with Crippen molar-refractivity contribution in [2.24, 2.45) is 0 Å². The smallest absolute Gasteiger partial charge is 0.277 e. The Balaban J connectivity index is 1.40. The SMILES string of the molecule is O=C(CSc1nnc(-c2ccccc2F)o1)Nc1cccc(Cl)c1N1CCCC1. The molecule has 3 aromatic rings. The van der Waals surface area contributed by atoms with Gasteiger partial charge in [0.15, 0.2) is 0 Å². The van der Waals surface area contributed by atoms with Crippen LogP contribution in [0.3, 0.4) is 0 Å². The summed E-state index contributed by atoms with van der Waals surface area (Å²) >= 11 is 7.47. The van der Waals surface area contributed by atoms with E-state index >= 15 is 0 Å². The molecular weight excluding hydrogens is 415 g/mol. The van der Waals surface area contributed by atoms with Crippen molar-refractivity contribution in [1.29, 1.82) is 0 Å². The first-order valence-corrected chi connectivity index (χ1v) is 10.5. The predicted molar refractivity (Wildman–Crippen MR) is 112 cm³/mol. The van der Waals surface area contributed by atoms with E-state index in [1.807, 2.05) is 18.2 Å². The first kappa shape index (κ1) is 19.7. The molecule has 0 aliphatic carbocycles. The number of aromatic nitrogens is 2. The second kappa shape index (κ2) is 8.84. The van der Waals surface area contributed by atoms with Gasteiger partial charge in [-0.3, -0.25) is 4.79 Å². The summed E-state index contributed by atoms with van der Waals surface area (Å²) in [5.74, 6) is -0.508. The van der Waals surface area contributed by atoms with Gasteiger partial charge in [0.1, 0.15) is 5.82 Å². The molecule has 1 aliphatic rings. The van der Waals surface area contributed by atoms with E-state index in [9.17, 15) is 9.18 Å². The number of halogens is 2. The van der Waals surface area contributed by atoms with Gasteiger partial charge in [0, 0.05) is 13.1 Å². The number of nitrogens with one attached hydrogen (secondary N) is 1. The van der Waals surface area contributed by atoms with Gasteiger partial charge in [0.05, 0.1) is 27.7 Å². The molecule has 29 heavy (non-hydrogen) atoms. The molecule has 1 aliphatic heterocycles. The van der Waals surface area contributed by atoms with Crippen molar-refractivity contribution < 1.29 is 13.6 Å². The minimum atomic E-state index is -0.444. The molecule has 1 amide bonds. The topological polar surface area (TPSA) is 71.3 Å². The van der Waals surface area contributed by atoms with E-state index in [2.05, 4.69) is 20.4 Å². The van der Waals surface area contributed by atoms with Crippen molar-refractivity contribution >= 4 is 40.6 Å². The van der Waals surface area contributed by atoms with Gasteiger partial charge < -0.3 is 14.6 Å². The fourth-order valence-electron chi connectivity index (χ4n) is 3.20. The third-order valence-corrected chi connectivity index (χ3v) is 5.64. The number of para-hydroxylation sites is 1. The highest BCUT2D eigenvalue weighted by atomic mass is 35.5. The minimum absolute atomic E-state index is 0.0743. The van der Waals surface area contributed by atoms with Crippen LogP contribution in [-0.2, 0) is 4.79 Å². The molecule has 2 heterocycles. The summed E-state index contributed by atoms with van der Waals surface area (Å²) < 4.78 is 19.3. The molecule has 150 valence electrons. The van der Waals surface area contributed by atoms with E-state index in [-0.39, 0.29) is 28.3 Å². The highest BCUT2D eigenvalue weighted by Crippen LogP contribution is 2.36. The van der Waals surface area contributed by atoms with Crippen LogP contribution in [0.15, 0.2) is 52.1 Å². The number of carbonyl (C=O) groups excluding carboxylic acids is 1. The lowest BCUT2D eigenvalue weighted by Gasteiger charge is -2.22. The summed E-state index contributed by atoms with van der Waals surface area (Å²) in [5, 5.41) is 11.5. The van der Waals surface area contributed by atoms with Gasteiger partial charge in [-0.2, -0.15) is 0 Å². The number of hydrogen-bond acceptors (Lipinski definition) is 6. The zero-order chi connectivity index (χ0) is 20.2. The summed E-state index contributed by atoms with van der Waals surface area (Å²) in [6, 6.07) is 11.6. The lowest BCUT2D eigenvalue weighted by atomic mass is 10.2. The van der Waals surface area contributed by atoms with Gasteiger partial charge in [-0.1, -0.05) is 41.6 Å². The maximum atomic E-state index is 13.8. The van der Waals surface area contributed by atoms with Gasteiger partial charge in [0.2, 0.25) is 5.91 Å². The molecule has 0 unspecified atom stereocenters. The van der Waals surface area contributed by atoms with Gasteiger partial charge in [-0.05, 0) is 37.1 Å². The molecule has 1 N–H and O–H groups in total. The second-order valence-electron chi connectivity index (χ2n) is 6.52. The number of thioether (sulfide) groups is 1. The molecule has 0 bridgehead atoms. The Morgan fingerprint density at radius 2 is 1.97 bits per heavy atom. The van der Waals surface area contributed by atoms with E-state index in [1.165, 1.54) is 6.07 Å². The molecule has 2 aromatic carbocycles. The van der Waals surface area contributed by atoms with Gasteiger partial charge in [-0.25, -0.2) is 4.39 Å². The Hall–Kier alpha value is -2.58. The van der Waals surface area contributed by atoms with Crippen molar-refractivity contribution in [3.05, 3.63) is 53.3 Å². The Morgan fingerprint density at radius 1 is 1.17 bits per heavy atom. The number of nitrogens with zero attached hydrogens (tertiary/aromatic N) is 3. The van der Waals surface area contributed by atoms with Gasteiger partial charge in [-0.15, -0.1) is 10.2 Å². The Bertz CT molecular complexity index is 1020. The molecular formula is C20H18ClFN4O2S. The summed E-state index contributed by atoms with van der Waals surface area (Å²) in [5.41, 5.74) is 1.76. The molecule has 0 saturated carbocycles. The fourth-order valence-corrected chi connectivity index (χ4v) is 4.06. The maximum Gasteiger partial charge on any atom is 0.277 e. The first-order chi connectivity index (χ1) is 14.1. The van der Waals surface area contributed by atoms with Crippen molar-refractivity contribution in [3.8, 4) is 11.5 Å². The van der Waals surface area contributed by atoms with Crippen molar-refractivity contribution in [2.75, 3.05) is 29.1 Å².